The first-order chi connectivity index (χ1) is 28.1. The van der Waals surface area contributed by atoms with Gasteiger partial charge in [-0.3, -0.25) is 39.1 Å². The van der Waals surface area contributed by atoms with Crippen LogP contribution >= 0.6 is 0 Å². The number of rotatable bonds is 9. The highest BCUT2D eigenvalue weighted by Gasteiger charge is 2.30. The molecular weight excluding hydrogens is 744 g/mol. The fraction of sp³-hybridized carbons (Fsp3) is 0.390. The highest BCUT2D eigenvalue weighted by Crippen LogP contribution is 2.28. The Hall–Kier alpha value is -6.20. The van der Waals surface area contributed by atoms with E-state index in [2.05, 4.69) is 70.0 Å². The molecule has 9 rings (SSSR count). The zero-order valence-corrected chi connectivity index (χ0v) is 32.2. The van der Waals surface area contributed by atoms with E-state index < -0.39 is 11.8 Å². The quantitative estimate of drug-likeness (QED) is 0.201. The highest BCUT2D eigenvalue weighted by atomic mass is 19.1. The summed E-state index contributed by atoms with van der Waals surface area (Å²) in [5.41, 5.74) is 4.77. The number of hydrogen-bond donors (Lipinski definition) is 3. The van der Waals surface area contributed by atoms with Gasteiger partial charge in [-0.1, -0.05) is 12.1 Å². The zero-order chi connectivity index (χ0) is 39.9. The molecule has 4 aliphatic rings. The van der Waals surface area contributed by atoms with Gasteiger partial charge in [0.05, 0.1) is 30.7 Å². The van der Waals surface area contributed by atoms with Crippen LogP contribution < -0.4 is 25.8 Å². The second-order valence-electron chi connectivity index (χ2n) is 15.5. The SMILES string of the molecule is C[C@@H]1CNC(=O)c2cc3ccc(C(=O)Nc4cnn(Cc5ccc(N6CCC(N7CCN(Cc8cc(N9CCC(=O)NC9=O)ncc8F)CC7)CC6)cc5)c4)nc3n21. The molecule has 0 bridgehead atoms. The summed E-state index contributed by atoms with van der Waals surface area (Å²) in [6.45, 7) is 9.15. The molecule has 4 aliphatic heterocycles. The van der Waals surface area contributed by atoms with E-state index >= 15 is 0 Å². The summed E-state index contributed by atoms with van der Waals surface area (Å²) in [5, 5.41) is 13.4. The number of nitrogens with one attached hydrogen (secondary N) is 3. The van der Waals surface area contributed by atoms with Gasteiger partial charge in [0, 0.05) is 94.2 Å². The van der Waals surface area contributed by atoms with Crippen LogP contribution in [0.1, 0.15) is 64.3 Å². The number of carbonyl (C=O) groups is 4. The number of piperidine rings is 1. The summed E-state index contributed by atoms with van der Waals surface area (Å²) in [6, 6.07) is 15.5. The van der Waals surface area contributed by atoms with Gasteiger partial charge in [-0.15, -0.1) is 0 Å². The van der Waals surface area contributed by atoms with Gasteiger partial charge in [0.25, 0.3) is 11.8 Å². The lowest BCUT2D eigenvalue weighted by Gasteiger charge is -2.43. The predicted octanol–water partition coefficient (Wildman–Crippen LogP) is 3.60. The summed E-state index contributed by atoms with van der Waals surface area (Å²) in [6.07, 6.45) is 6.91. The number of amides is 5. The zero-order valence-electron chi connectivity index (χ0n) is 32.2. The Morgan fingerprint density at radius 2 is 1.72 bits per heavy atom. The van der Waals surface area contributed by atoms with Crippen LogP contribution in [0.5, 0.6) is 0 Å². The van der Waals surface area contributed by atoms with Crippen LogP contribution in [-0.2, 0) is 17.9 Å². The highest BCUT2D eigenvalue weighted by molar-refractivity contribution is 6.06. The van der Waals surface area contributed by atoms with E-state index in [1.165, 1.54) is 10.6 Å². The van der Waals surface area contributed by atoms with E-state index in [4.69, 9.17) is 0 Å². The predicted molar refractivity (Wildman–Crippen MR) is 214 cm³/mol. The van der Waals surface area contributed by atoms with E-state index in [-0.39, 0.29) is 42.4 Å². The summed E-state index contributed by atoms with van der Waals surface area (Å²) in [5.74, 6) is -0.854. The molecule has 0 saturated carbocycles. The Morgan fingerprint density at radius 1 is 0.931 bits per heavy atom. The van der Waals surface area contributed by atoms with Crippen molar-refractivity contribution in [1.29, 1.82) is 0 Å². The Kier molecular flexibility index (Phi) is 10.1. The molecule has 16 nitrogen and oxygen atoms in total. The third kappa shape index (κ3) is 7.61. The van der Waals surface area contributed by atoms with Crippen molar-refractivity contribution >= 4 is 52.0 Å². The van der Waals surface area contributed by atoms with Crippen molar-refractivity contribution in [3.8, 4) is 0 Å². The lowest BCUT2D eigenvalue weighted by Crippen LogP contribution is -2.53. The topological polar surface area (TPSA) is 166 Å². The fourth-order valence-electron chi connectivity index (χ4n) is 8.51. The fourth-order valence-corrected chi connectivity index (χ4v) is 8.51. The molecule has 1 atom stereocenters. The Bertz CT molecular complexity index is 2380. The van der Waals surface area contributed by atoms with Crippen LogP contribution in [0.15, 0.2) is 67.1 Å². The van der Waals surface area contributed by atoms with Gasteiger partial charge in [-0.05, 0) is 61.7 Å². The van der Waals surface area contributed by atoms with E-state index in [0.717, 1.165) is 69.3 Å². The average Bonchev–Trinajstić information content (AvgIpc) is 3.85. The Morgan fingerprint density at radius 3 is 2.50 bits per heavy atom. The van der Waals surface area contributed by atoms with Crippen LogP contribution in [0.2, 0.25) is 0 Å². The lowest BCUT2D eigenvalue weighted by atomic mass is 10.0. The lowest BCUT2D eigenvalue weighted by molar-refractivity contribution is -0.120. The summed E-state index contributed by atoms with van der Waals surface area (Å²) in [4.78, 5) is 66.7. The van der Waals surface area contributed by atoms with Gasteiger partial charge in [0.15, 0.2) is 0 Å². The van der Waals surface area contributed by atoms with Gasteiger partial charge in [-0.25, -0.2) is 19.2 Å². The molecule has 5 aromatic rings. The van der Waals surface area contributed by atoms with Gasteiger partial charge >= 0.3 is 6.03 Å². The number of halogens is 1. The molecule has 0 unspecified atom stereocenters. The molecule has 3 saturated heterocycles. The second kappa shape index (κ2) is 15.6. The number of aromatic nitrogens is 5. The van der Waals surface area contributed by atoms with Gasteiger partial charge in [-0.2, -0.15) is 5.10 Å². The van der Waals surface area contributed by atoms with Crippen molar-refractivity contribution in [2.24, 2.45) is 0 Å². The Labute approximate surface area is 334 Å². The van der Waals surface area contributed by atoms with E-state index in [1.807, 2.05) is 17.6 Å². The van der Waals surface area contributed by atoms with Gasteiger partial charge in [0.1, 0.15) is 28.7 Å². The molecule has 0 spiro atoms. The van der Waals surface area contributed by atoms with E-state index in [9.17, 15) is 23.6 Å². The average molecular weight is 789 g/mol. The standard InChI is InChI=1S/C41H45FN12O4/c1-26-20-44-40(57)35-18-28-4-7-34(47-38(28)54(26)35)39(56)46-30-21-45-52(25-30)23-27-2-5-31(6-3-27)50-11-8-32(9-12-50)51-16-14-49(15-17-51)24-29-19-36(43-22-33(29)42)53-13-10-37(55)48-41(53)58/h2-7,18-19,21-22,25-26,32H,8-17,20,23-24H2,1H3,(H,44,57)(H,46,56)(H,48,55,58)/t26-/m1/s1. The first-order valence-electron chi connectivity index (χ1n) is 19.9. The molecule has 58 heavy (non-hydrogen) atoms. The molecule has 3 fully saturated rings. The first kappa shape index (κ1) is 37.4. The number of anilines is 3. The van der Waals surface area contributed by atoms with E-state index in [0.29, 0.717) is 54.1 Å². The van der Waals surface area contributed by atoms with Crippen molar-refractivity contribution in [1.82, 2.24) is 44.7 Å². The molecule has 17 heteroatoms. The minimum atomic E-state index is -0.530. The van der Waals surface area contributed by atoms with Gasteiger partial charge < -0.3 is 20.1 Å². The summed E-state index contributed by atoms with van der Waals surface area (Å²) < 4.78 is 18.5. The third-order valence-electron chi connectivity index (χ3n) is 11.7. The largest absolute Gasteiger partial charge is 0.371 e. The minimum absolute atomic E-state index is 0.0292. The van der Waals surface area contributed by atoms with Crippen LogP contribution in [0.25, 0.3) is 11.0 Å². The molecule has 1 aromatic carbocycles. The second-order valence-corrected chi connectivity index (χ2v) is 15.5. The molecule has 300 valence electrons. The summed E-state index contributed by atoms with van der Waals surface area (Å²) >= 11 is 0. The van der Waals surface area contributed by atoms with Crippen molar-refractivity contribution < 1.29 is 23.6 Å². The molecule has 4 aromatic heterocycles. The van der Waals surface area contributed by atoms with Crippen molar-refractivity contribution in [3.05, 3.63) is 95.5 Å². The van der Waals surface area contributed by atoms with Crippen LogP contribution in [0.4, 0.5) is 26.4 Å². The normalized spacial score (nSPS) is 19.6. The van der Waals surface area contributed by atoms with Crippen LogP contribution in [0.3, 0.4) is 0 Å². The van der Waals surface area contributed by atoms with Crippen molar-refractivity contribution in [3.63, 3.8) is 0 Å². The minimum Gasteiger partial charge on any atom is -0.371 e. The number of fused-ring (bicyclic) bond motifs is 3. The maximum atomic E-state index is 14.8. The number of imide groups is 1. The third-order valence-corrected chi connectivity index (χ3v) is 11.7. The molecular formula is C41H45FN12O4. The number of nitrogens with zero attached hydrogens (tertiary/aromatic N) is 9. The monoisotopic (exact) mass is 788 g/mol. The van der Waals surface area contributed by atoms with Crippen molar-refractivity contribution in [2.45, 2.75) is 51.4 Å². The maximum Gasteiger partial charge on any atom is 0.329 e. The number of hydrogen-bond acceptors (Lipinski definition) is 10. The smallest absolute Gasteiger partial charge is 0.329 e. The summed E-state index contributed by atoms with van der Waals surface area (Å²) in [7, 11) is 0. The van der Waals surface area contributed by atoms with Gasteiger partial charge in [0.2, 0.25) is 5.91 Å². The molecule has 0 aliphatic carbocycles. The Balaban J connectivity index is 0.734. The number of benzene rings is 1. The number of urea groups is 1. The molecule has 3 N–H and O–H groups in total. The number of pyridine rings is 2. The van der Waals surface area contributed by atoms with Crippen LogP contribution in [0, 0.1) is 5.82 Å². The molecule has 8 heterocycles. The number of piperazine rings is 1. The van der Waals surface area contributed by atoms with E-state index in [1.54, 1.807) is 35.3 Å². The molecule has 5 amide bonds. The molecule has 0 radical (unpaired) electrons. The maximum absolute atomic E-state index is 14.8. The first-order valence-corrected chi connectivity index (χ1v) is 19.9. The number of carbonyl (C=O) groups excluding carboxylic acids is 4. The van der Waals surface area contributed by atoms with Crippen molar-refractivity contribution in [2.75, 3.05) is 67.5 Å². The van der Waals surface area contributed by atoms with Crippen LogP contribution in [-0.4, -0.2) is 116 Å².